The maximum Gasteiger partial charge on any atom is 0.343 e. The summed E-state index contributed by atoms with van der Waals surface area (Å²) < 4.78 is 32.7. The van der Waals surface area contributed by atoms with Crippen LogP contribution in [0.3, 0.4) is 0 Å². The summed E-state index contributed by atoms with van der Waals surface area (Å²) in [5.74, 6) is 0.380. The number of nitrogens with zero attached hydrogens (tertiary/aromatic N) is 1. The van der Waals surface area contributed by atoms with Gasteiger partial charge in [0.05, 0.1) is 10.5 Å². The van der Waals surface area contributed by atoms with Crippen molar-refractivity contribution in [3.05, 3.63) is 59.7 Å². The van der Waals surface area contributed by atoms with E-state index in [1.165, 1.54) is 28.6 Å². The van der Waals surface area contributed by atoms with Gasteiger partial charge in [-0.25, -0.2) is 13.2 Å². The molecule has 160 valence electrons. The van der Waals surface area contributed by atoms with Crippen molar-refractivity contribution < 1.29 is 22.7 Å². The lowest BCUT2D eigenvalue weighted by Crippen LogP contribution is -2.42. The molecule has 0 aliphatic carbocycles. The van der Waals surface area contributed by atoms with Crippen LogP contribution in [-0.4, -0.2) is 37.6 Å². The Bertz CT molecular complexity index is 1000. The first kappa shape index (κ1) is 22.2. The number of esters is 1. The SMILES string of the molecule is CCC(=O)c1ccc(OC(=O)c2ccc(S(=O)(=O)N3C[C@@H](C)C[C@H](C)C3)cc2)cc1. The van der Waals surface area contributed by atoms with Gasteiger partial charge >= 0.3 is 5.97 Å². The van der Waals surface area contributed by atoms with Gasteiger partial charge in [0.1, 0.15) is 5.75 Å². The van der Waals surface area contributed by atoms with Gasteiger partial charge in [0.15, 0.2) is 5.78 Å². The van der Waals surface area contributed by atoms with Crippen LogP contribution in [0.1, 0.15) is 54.3 Å². The lowest BCUT2D eigenvalue weighted by molar-refractivity contribution is 0.0734. The number of benzene rings is 2. The van der Waals surface area contributed by atoms with Crippen LogP contribution in [-0.2, 0) is 10.0 Å². The molecule has 2 aromatic carbocycles. The highest BCUT2D eigenvalue weighted by molar-refractivity contribution is 7.89. The van der Waals surface area contributed by atoms with Crippen molar-refractivity contribution >= 4 is 21.8 Å². The van der Waals surface area contributed by atoms with Crippen LogP contribution in [0.15, 0.2) is 53.4 Å². The molecule has 0 bridgehead atoms. The molecule has 1 aliphatic heterocycles. The summed E-state index contributed by atoms with van der Waals surface area (Å²) in [5.41, 5.74) is 0.816. The number of ether oxygens (including phenoxy) is 1. The van der Waals surface area contributed by atoms with Crippen LogP contribution in [0.4, 0.5) is 0 Å². The highest BCUT2D eigenvalue weighted by atomic mass is 32.2. The minimum absolute atomic E-state index is 0.0159. The minimum atomic E-state index is -3.60. The number of Topliss-reactive ketones (excluding diaryl/α,β-unsaturated/α-hetero) is 1. The molecule has 1 saturated heterocycles. The van der Waals surface area contributed by atoms with E-state index in [1.54, 1.807) is 31.2 Å². The molecule has 30 heavy (non-hydrogen) atoms. The molecule has 7 heteroatoms. The third-order valence-electron chi connectivity index (χ3n) is 5.27. The molecular formula is C23H27NO5S. The lowest BCUT2D eigenvalue weighted by Gasteiger charge is -2.34. The molecule has 0 unspecified atom stereocenters. The number of ketones is 1. The minimum Gasteiger partial charge on any atom is -0.423 e. The fourth-order valence-corrected chi connectivity index (χ4v) is 5.47. The Hall–Kier alpha value is -2.51. The Balaban J connectivity index is 1.70. The summed E-state index contributed by atoms with van der Waals surface area (Å²) in [6.45, 7) is 6.91. The molecule has 0 aromatic heterocycles. The van der Waals surface area contributed by atoms with Gasteiger partial charge in [-0.05, 0) is 66.8 Å². The number of sulfonamides is 1. The van der Waals surface area contributed by atoms with E-state index in [0.29, 0.717) is 42.7 Å². The monoisotopic (exact) mass is 429 g/mol. The van der Waals surface area contributed by atoms with Crippen molar-refractivity contribution in [2.45, 2.75) is 38.5 Å². The molecule has 6 nitrogen and oxygen atoms in total. The maximum absolute atomic E-state index is 12.9. The topological polar surface area (TPSA) is 80.8 Å². The van der Waals surface area contributed by atoms with E-state index in [1.807, 2.05) is 0 Å². The summed E-state index contributed by atoms with van der Waals surface area (Å²) in [5, 5.41) is 0. The number of rotatable bonds is 6. The Morgan fingerprint density at radius 1 is 0.933 bits per heavy atom. The standard InChI is InChI=1S/C23H27NO5S/c1-4-22(25)18-5-9-20(10-6-18)29-23(26)19-7-11-21(12-8-19)30(27,28)24-14-16(2)13-17(3)15-24/h5-12,16-17H,4,13-15H2,1-3H3/t16-,17-/m0/s1. The molecule has 0 spiro atoms. The van der Waals surface area contributed by atoms with E-state index in [4.69, 9.17) is 4.74 Å². The van der Waals surface area contributed by atoms with Gasteiger partial charge in [0, 0.05) is 25.1 Å². The first-order valence-electron chi connectivity index (χ1n) is 10.2. The number of carbonyl (C=O) groups excluding carboxylic acids is 2. The zero-order valence-electron chi connectivity index (χ0n) is 17.5. The molecule has 1 fully saturated rings. The summed E-state index contributed by atoms with van der Waals surface area (Å²) in [4.78, 5) is 24.2. The van der Waals surface area contributed by atoms with Crippen LogP contribution >= 0.6 is 0 Å². The fraction of sp³-hybridized carbons (Fsp3) is 0.391. The second kappa shape index (κ2) is 9.10. The molecule has 0 amide bonds. The number of piperidine rings is 1. The summed E-state index contributed by atoms with van der Waals surface area (Å²) in [7, 11) is -3.60. The summed E-state index contributed by atoms with van der Waals surface area (Å²) >= 11 is 0. The molecular weight excluding hydrogens is 402 g/mol. The maximum atomic E-state index is 12.9. The van der Waals surface area contributed by atoms with Crippen molar-refractivity contribution in [2.24, 2.45) is 11.8 Å². The second-order valence-electron chi connectivity index (χ2n) is 7.98. The van der Waals surface area contributed by atoms with Crippen molar-refractivity contribution in [1.82, 2.24) is 4.31 Å². The Morgan fingerprint density at radius 3 is 2.00 bits per heavy atom. The van der Waals surface area contributed by atoms with E-state index in [0.717, 1.165) is 6.42 Å². The van der Waals surface area contributed by atoms with Crippen LogP contribution < -0.4 is 4.74 Å². The Kier molecular flexibility index (Phi) is 6.73. The smallest absolute Gasteiger partial charge is 0.343 e. The van der Waals surface area contributed by atoms with Crippen molar-refractivity contribution in [1.29, 1.82) is 0 Å². The zero-order chi connectivity index (χ0) is 21.9. The van der Waals surface area contributed by atoms with Gasteiger partial charge in [-0.1, -0.05) is 20.8 Å². The van der Waals surface area contributed by atoms with Crippen molar-refractivity contribution in [2.75, 3.05) is 13.1 Å². The van der Waals surface area contributed by atoms with Crippen LogP contribution in [0, 0.1) is 11.8 Å². The summed E-state index contributed by atoms with van der Waals surface area (Å²) in [6.07, 6.45) is 1.42. The Labute approximate surface area is 177 Å². The van der Waals surface area contributed by atoms with Crippen molar-refractivity contribution in [3.63, 3.8) is 0 Å². The van der Waals surface area contributed by atoms with Gasteiger partial charge in [-0.15, -0.1) is 0 Å². The van der Waals surface area contributed by atoms with E-state index in [2.05, 4.69) is 13.8 Å². The molecule has 0 N–H and O–H groups in total. The number of hydrogen-bond acceptors (Lipinski definition) is 5. The van der Waals surface area contributed by atoms with Crippen LogP contribution in [0.2, 0.25) is 0 Å². The highest BCUT2D eigenvalue weighted by Crippen LogP contribution is 2.27. The third-order valence-corrected chi connectivity index (χ3v) is 7.12. The molecule has 2 atom stereocenters. The third kappa shape index (κ3) is 4.96. The van der Waals surface area contributed by atoms with Gasteiger partial charge in [-0.2, -0.15) is 4.31 Å². The first-order chi connectivity index (χ1) is 14.2. The molecule has 3 rings (SSSR count). The number of hydrogen-bond donors (Lipinski definition) is 0. The average Bonchev–Trinajstić information content (AvgIpc) is 2.73. The van der Waals surface area contributed by atoms with Gasteiger partial charge < -0.3 is 4.74 Å². The summed E-state index contributed by atoms with van der Waals surface area (Å²) in [6, 6.07) is 12.2. The number of carbonyl (C=O) groups is 2. The van der Waals surface area contributed by atoms with Gasteiger partial charge in [0.25, 0.3) is 0 Å². The van der Waals surface area contributed by atoms with Gasteiger partial charge in [0.2, 0.25) is 10.0 Å². The molecule has 2 aromatic rings. The lowest BCUT2D eigenvalue weighted by atomic mass is 9.94. The molecule has 1 aliphatic rings. The van der Waals surface area contributed by atoms with Crippen LogP contribution in [0.25, 0.3) is 0 Å². The molecule has 0 saturated carbocycles. The largest absolute Gasteiger partial charge is 0.423 e. The fourth-order valence-electron chi connectivity index (χ4n) is 3.79. The average molecular weight is 430 g/mol. The predicted octanol–water partition coefficient (Wildman–Crippen LogP) is 4.17. The molecule has 0 radical (unpaired) electrons. The quantitative estimate of drug-likeness (QED) is 0.391. The van der Waals surface area contributed by atoms with E-state index in [-0.39, 0.29) is 16.2 Å². The van der Waals surface area contributed by atoms with Crippen LogP contribution in [0.5, 0.6) is 5.75 Å². The zero-order valence-corrected chi connectivity index (χ0v) is 18.3. The van der Waals surface area contributed by atoms with Gasteiger partial charge in [-0.3, -0.25) is 4.79 Å². The first-order valence-corrected chi connectivity index (χ1v) is 11.6. The highest BCUT2D eigenvalue weighted by Gasteiger charge is 2.31. The van der Waals surface area contributed by atoms with E-state index >= 15 is 0 Å². The van der Waals surface area contributed by atoms with Crippen molar-refractivity contribution in [3.8, 4) is 5.75 Å². The second-order valence-corrected chi connectivity index (χ2v) is 9.92. The van der Waals surface area contributed by atoms with E-state index < -0.39 is 16.0 Å². The predicted molar refractivity (Wildman–Crippen MR) is 114 cm³/mol. The Morgan fingerprint density at radius 2 is 1.47 bits per heavy atom. The normalized spacial score (nSPS) is 20.0. The van der Waals surface area contributed by atoms with E-state index in [9.17, 15) is 18.0 Å². The molecule has 1 heterocycles.